The summed E-state index contributed by atoms with van der Waals surface area (Å²) in [4.78, 5) is 12.4. The van der Waals surface area contributed by atoms with E-state index in [1.54, 1.807) is 43.3 Å². The SMILES string of the molecule is CCC(c1ccccc1)S(=O)(=O)NC(=O)c1ccc(-n2cnnn2)cc1. The highest BCUT2D eigenvalue weighted by Crippen LogP contribution is 2.25. The van der Waals surface area contributed by atoms with Gasteiger partial charge in [0.1, 0.15) is 11.6 Å². The first-order chi connectivity index (χ1) is 12.5. The number of rotatable bonds is 6. The Balaban J connectivity index is 1.78. The number of carbonyl (C=O) groups is 1. The van der Waals surface area contributed by atoms with E-state index in [-0.39, 0.29) is 5.56 Å². The van der Waals surface area contributed by atoms with Gasteiger partial charge in [0.05, 0.1) is 5.69 Å². The molecule has 0 aliphatic heterocycles. The van der Waals surface area contributed by atoms with E-state index < -0.39 is 21.2 Å². The van der Waals surface area contributed by atoms with Crippen LogP contribution in [0.25, 0.3) is 5.69 Å². The highest BCUT2D eigenvalue weighted by atomic mass is 32.2. The molecule has 8 nitrogen and oxygen atoms in total. The van der Waals surface area contributed by atoms with Crippen molar-refractivity contribution < 1.29 is 13.2 Å². The predicted molar refractivity (Wildman–Crippen MR) is 95.0 cm³/mol. The Bertz CT molecular complexity index is 971. The van der Waals surface area contributed by atoms with Crippen molar-refractivity contribution in [1.29, 1.82) is 0 Å². The van der Waals surface area contributed by atoms with Crippen LogP contribution in [0.4, 0.5) is 0 Å². The zero-order valence-corrected chi connectivity index (χ0v) is 14.8. The monoisotopic (exact) mass is 371 g/mol. The van der Waals surface area contributed by atoms with Crippen molar-refractivity contribution in [2.24, 2.45) is 0 Å². The summed E-state index contributed by atoms with van der Waals surface area (Å²) < 4.78 is 28.9. The third-order valence-electron chi connectivity index (χ3n) is 3.89. The Hall–Kier alpha value is -3.07. The number of nitrogens with one attached hydrogen (secondary N) is 1. The molecule has 1 N–H and O–H groups in total. The molecule has 0 aliphatic carbocycles. The lowest BCUT2D eigenvalue weighted by Gasteiger charge is -2.17. The number of carbonyl (C=O) groups excluding carboxylic acids is 1. The number of tetrazole rings is 1. The summed E-state index contributed by atoms with van der Waals surface area (Å²) in [6.45, 7) is 1.77. The molecule has 1 amide bonds. The van der Waals surface area contributed by atoms with Gasteiger partial charge in [-0.2, -0.15) is 0 Å². The molecule has 3 rings (SSSR count). The molecule has 1 unspecified atom stereocenters. The van der Waals surface area contributed by atoms with Crippen molar-refractivity contribution in [3.05, 3.63) is 72.1 Å². The molecule has 0 saturated heterocycles. The van der Waals surface area contributed by atoms with Gasteiger partial charge >= 0.3 is 0 Å². The Morgan fingerprint density at radius 3 is 2.38 bits per heavy atom. The summed E-state index contributed by atoms with van der Waals surface area (Å²) in [6, 6.07) is 15.1. The summed E-state index contributed by atoms with van der Waals surface area (Å²) in [5, 5.41) is 10.0. The fourth-order valence-corrected chi connectivity index (χ4v) is 4.08. The van der Waals surface area contributed by atoms with Gasteiger partial charge in [-0.25, -0.2) is 17.8 Å². The fraction of sp³-hybridized carbons (Fsp3) is 0.176. The number of benzene rings is 2. The molecular weight excluding hydrogens is 354 g/mol. The van der Waals surface area contributed by atoms with Crippen LogP contribution in [-0.4, -0.2) is 34.5 Å². The highest BCUT2D eigenvalue weighted by Gasteiger charge is 2.27. The number of hydrogen-bond donors (Lipinski definition) is 1. The quantitative estimate of drug-likeness (QED) is 0.709. The first-order valence-electron chi connectivity index (χ1n) is 7.95. The lowest BCUT2D eigenvalue weighted by atomic mass is 10.1. The standard InChI is InChI=1S/C17H17N5O3S/c1-2-16(13-6-4-3-5-7-13)26(24,25)19-17(23)14-8-10-15(11-9-14)22-12-18-20-21-22/h3-12,16H,2H2,1H3,(H,19,23). The Morgan fingerprint density at radius 2 is 1.81 bits per heavy atom. The molecule has 0 bridgehead atoms. The average Bonchev–Trinajstić information content (AvgIpc) is 3.17. The number of amides is 1. The molecule has 9 heteroatoms. The molecule has 1 atom stereocenters. The van der Waals surface area contributed by atoms with Gasteiger partial charge in [-0.05, 0) is 46.7 Å². The summed E-state index contributed by atoms with van der Waals surface area (Å²) in [6.07, 6.45) is 1.77. The maximum atomic E-state index is 12.6. The van der Waals surface area contributed by atoms with Crippen LogP contribution in [-0.2, 0) is 10.0 Å². The number of hydrogen-bond acceptors (Lipinski definition) is 6. The van der Waals surface area contributed by atoms with E-state index in [4.69, 9.17) is 0 Å². The number of sulfonamides is 1. The Morgan fingerprint density at radius 1 is 1.12 bits per heavy atom. The van der Waals surface area contributed by atoms with E-state index in [0.717, 1.165) is 0 Å². The lowest BCUT2D eigenvalue weighted by molar-refractivity contribution is 0.0981. The molecule has 134 valence electrons. The second kappa shape index (κ2) is 7.44. The predicted octanol–water partition coefficient (Wildman–Crippen LogP) is 1.87. The minimum atomic E-state index is -3.86. The van der Waals surface area contributed by atoms with E-state index in [2.05, 4.69) is 20.2 Å². The molecule has 0 radical (unpaired) electrons. The van der Waals surface area contributed by atoms with E-state index in [9.17, 15) is 13.2 Å². The number of nitrogens with zero attached hydrogens (tertiary/aromatic N) is 4. The zero-order chi connectivity index (χ0) is 18.6. The molecule has 0 fully saturated rings. The molecule has 2 aromatic carbocycles. The largest absolute Gasteiger partial charge is 0.268 e. The van der Waals surface area contributed by atoms with Crippen LogP contribution in [0.2, 0.25) is 0 Å². The molecule has 1 heterocycles. The van der Waals surface area contributed by atoms with Crippen LogP contribution in [0.15, 0.2) is 60.9 Å². The first-order valence-corrected chi connectivity index (χ1v) is 9.50. The fourth-order valence-electron chi connectivity index (χ4n) is 2.61. The van der Waals surface area contributed by atoms with E-state index in [0.29, 0.717) is 17.7 Å². The van der Waals surface area contributed by atoms with Gasteiger partial charge in [0.15, 0.2) is 0 Å². The molecule has 0 aliphatic rings. The molecule has 0 spiro atoms. The van der Waals surface area contributed by atoms with Gasteiger partial charge in [0.2, 0.25) is 10.0 Å². The molecule has 1 aromatic heterocycles. The third kappa shape index (κ3) is 3.77. The maximum Gasteiger partial charge on any atom is 0.264 e. The van der Waals surface area contributed by atoms with Gasteiger partial charge in [-0.3, -0.25) is 4.79 Å². The van der Waals surface area contributed by atoms with Crippen LogP contribution in [0.1, 0.15) is 34.5 Å². The van der Waals surface area contributed by atoms with Crippen molar-refractivity contribution in [1.82, 2.24) is 24.9 Å². The average molecular weight is 371 g/mol. The van der Waals surface area contributed by atoms with Crippen LogP contribution in [0.5, 0.6) is 0 Å². The summed E-state index contributed by atoms with van der Waals surface area (Å²) in [5.74, 6) is -0.678. The first kappa shape index (κ1) is 17.7. The van der Waals surface area contributed by atoms with Gasteiger partial charge in [-0.1, -0.05) is 37.3 Å². The minimum absolute atomic E-state index is 0.230. The molecule has 26 heavy (non-hydrogen) atoms. The lowest BCUT2D eigenvalue weighted by Crippen LogP contribution is -2.34. The van der Waals surface area contributed by atoms with E-state index in [1.165, 1.54) is 23.1 Å². The maximum absolute atomic E-state index is 12.6. The van der Waals surface area contributed by atoms with Crippen molar-refractivity contribution in [2.45, 2.75) is 18.6 Å². The van der Waals surface area contributed by atoms with Gasteiger partial charge in [0.25, 0.3) is 5.91 Å². The topological polar surface area (TPSA) is 107 Å². The van der Waals surface area contributed by atoms with E-state index in [1.807, 2.05) is 6.07 Å². The smallest absolute Gasteiger partial charge is 0.264 e. The number of aromatic nitrogens is 4. The molecule has 0 saturated carbocycles. The van der Waals surface area contributed by atoms with Crippen LogP contribution in [0, 0.1) is 0 Å². The summed E-state index contributed by atoms with van der Waals surface area (Å²) >= 11 is 0. The Kier molecular flexibility index (Phi) is 5.08. The normalized spacial score (nSPS) is 12.5. The van der Waals surface area contributed by atoms with Crippen molar-refractivity contribution >= 4 is 15.9 Å². The Labute approximate surface area is 150 Å². The van der Waals surface area contributed by atoms with Gasteiger partial charge in [-0.15, -0.1) is 5.10 Å². The van der Waals surface area contributed by atoms with Gasteiger partial charge < -0.3 is 0 Å². The van der Waals surface area contributed by atoms with Crippen molar-refractivity contribution in [2.75, 3.05) is 0 Å². The molecular formula is C17H17N5O3S. The zero-order valence-electron chi connectivity index (χ0n) is 14.0. The molecule has 3 aromatic rings. The van der Waals surface area contributed by atoms with E-state index >= 15 is 0 Å². The highest BCUT2D eigenvalue weighted by molar-refractivity contribution is 7.90. The summed E-state index contributed by atoms with van der Waals surface area (Å²) in [7, 11) is -3.86. The van der Waals surface area contributed by atoms with Crippen molar-refractivity contribution in [3.63, 3.8) is 0 Å². The second-order valence-corrected chi connectivity index (χ2v) is 7.45. The van der Waals surface area contributed by atoms with Crippen LogP contribution in [0.3, 0.4) is 0 Å². The van der Waals surface area contributed by atoms with Crippen LogP contribution < -0.4 is 4.72 Å². The summed E-state index contributed by atoms with van der Waals surface area (Å²) in [5.41, 5.74) is 1.53. The third-order valence-corrected chi connectivity index (χ3v) is 5.72. The van der Waals surface area contributed by atoms with Gasteiger partial charge in [0, 0.05) is 5.56 Å². The second-order valence-electron chi connectivity index (χ2n) is 5.59. The van der Waals surface area contributed by atoms with Crippen LogP contribution >= 0.6 is 0 Å². The van der Waals surface area contributed by atoms with Crippen molar-refractivity contribution in [3.8, 4) is 5.69 Å². The minimum Gasteiger partial charge on any atom is -0.268 e.